The van der Waals surface area contributed by atoms with Gasteiger partial charge >= 0.3 is 0 Å². The molecule has 114 valence electrons. The zero-order valence-electron chi connectivity index (χ0n) is 11.8. The van der Waals surface area contributed by atoms with Gasteiger partial charge in [0.05, 0.1) is 27.9 Å². The summed E-state index contributed by atoms with van der Waals surface area (Å²) < 4.78 is 40.3. The van der Waals surface area contributed by atoms with Gasteiger partial charge in [-0.1, -0.05) is 0 Å². The van der Waals surface area contributed by atoms with Crippen molar-refractivity contribution in [2.45, 2.75) is 12.5 Å². The van der Waals surface area contributed by atoms with E-state index in [2.05, 4.69) is 5.32 Å². The van der Waals surface area contributed by atoms with E-state index in [0.717, 1.165) is 0 Å². The average Bonchev–Trinajstić information content (AvgIpc) is 2.46. The van der Waals surface area contributed by atoms with Gasteiger partial charge in [-0.2, -0.15) is 0 Å². The molecular weight excluding hydrogens is 270 g/mol. The second kappa shape index (κ2) is 7.86. The zero-order chi connectivity index (χ0) is 15.1. The van der Waals surface area contributed by atoms with Gasteiger partial charge in [0.15, 0.2) is 11.5 Å². The lowest BCUT2D eigenvalue weighted by Gasteiger charge is -2.21. The number of nitrogens with two attached hydrogens (primary N) is 1. The van der Waals surface area contributed by atoms with Gasteiger partial charge in [-0.25, -0.2) is 8.78 Å². The number of halogens is 2. The van der Waals surface area contributed by atoms with E-state index in [1.807, 2.05) is 0 Å². The molecule has 1 rings (SSSR count). The van der Waals surface area contributed by atoms with E-state index in [0.29, 0.717) is 22.8 Å². The smallest absolute Gasteiger partial charge is 0.250 e. The number of hydrogen-bond acceptors (Lipinski definition) is 5. The fraction of sp³-hybridized carbons (Fsp3) is 0.538. The number of alkyl halides is 2. The van der Waals surface area contributed by atoms with Crippen LogP contribution in [0.4, 0.5) is 8.78 Å². The summed E-state index contributed by atoms with van der Waals surface area (Å²) in [6.45, 7) is -0.294. The molecule has 1 aromatic carbocycles. The third-order valence-corrected chi connectivity index (χ3v) is 2.87. The van der Waals surface area contributed by atoms with Crippen molar-refractivity contribution in [3.8, 4) is 17.2 Å². The van der Waals surface area contributed by atoms with Gasteiger partial charge in [0, 0.05) is 24.2 Å². The Morgan fingerprint density at radius 2 is 1.60 bits per heavy atom. The Balaban J connectivity index is 3.12. The average molecular weight is 290 g/mol. The van der Waals surface area contributed by atoms with Crippen molar-refractivity contribution in [2.24, 2.45) is 5.73 Å². The number of ether oxygens (including phenoxy) is 3. The van der Waals surface area contributed by atoms with Crippen LogP contribution in [0.5, 0.6) is 17.2 Å². The Kier molecular flexibility index (Phi) is 6.47. The highest BCUT2D eigenvalue weighted by atomic mass is 19.3. The monoisotopic (exact) mass is 290 g/mol. The number of rotatable bonds is 8. The first-order valence-electron chi connectivity index (χ1n) is 6.08. The van der Waals surface area contributed by atoms with Gasteiger partial charge in [0.2, 0.25) is 0 Å². The first-order valence-corrected chi connectivity index (χ1v) is 6.08. The van der Waals surface area contributed by atoms with Crippen LogP contribution in [0.1, 0.15) is 11.6 Å². The molecule has 0 aromatic heterocycles. The minimum atomic E-state index is -2.45. The predicted octanol–water partition coefficient (Wildman–Crippen LogP) is 1.57. The summed E-state index contributed by atoms with van der Waals surface area (Å²) in [5.74, 6) is 1.48. The lowest BCUT2D eigenvalue weighted by atomic mass is 10.0. The van der Waals surface area contributed by atoms with E-state index in [1.54, 1.807) is 12.1 Å². The van der Waals surface area contributed by atoms with Crippen molar-refractivity contribution < 1.29 is 23.0 Å². The van der Waals surface area contributed by atoms with Crippen molar-refractivity contribution in [2.75, 3.05) is 34.4 Å². The molecule has 0 aliphatic rings. The molecule has 0 saturated carbocycles. The summed E-state index contributed by atoms with van der Waals surface area (Å²) in [6, 6.07) is 2.85. The summed E-state index contributed by atoms with van der Waals surface area (Å²) in [5, 5.41) is 2.70. The van der Waals surface area contributed by atoms with Crippen LogP contribution in [0.15, 0.2) is 12.1 Å². The van der Waals surface area contributed by atoms with Gasteiger partial charge in [-0.15, -0.1) is 0 Å². The van der Waals surface area contributed by atoms with Gasteiger partial charge in [-0.3, -0.25) is 0 Å². The molecule has 0 fully saturated rings. The molecule has 0 saturated heterocycles. The van der Waals surface area contributed by atoms with Crippen LogP contribution in [0.3, 0.4) is 0 Å². The van der Waals surface area contributed by atoms with Crippen molar-refractivity contribution >= 4 is 0 Å². The molecule has 0 heterocycles. The highest BCUT2D eigenvalue weighted by Crippen LogP contribution is 2.37. The first-order chi connectivity index (χ1) is 9.57. The molecule has 0 bridgehead atoms. The lowest BCUT2D eigenvalue weighted by Crippen LogP contribution is -2.32. The molecule has 0 amide bonds. The highest BCUT2D eigenvalue weighted by Gasteiger charge is 2.19. The largest absolute Gasteiger partial charge is 0.496 e. The Labute approximate surface area is 117 Å². The maximum Gasteiger partial charge on any atom is 0.250 e. The van der Waals surface area contributed by atoms with Crippen molar-refractivity contribution in [3.63, 3.8) is 0 Å². The Hall–Kier alpha value is -1.60. The fourth-order valence-electron chi connectivity index (χ4n) is 1.88. The van der Waals surface area contributed by atoms with Crippen LogP contribution < -0.4 is 25.3 Å². The van der Waals surface area contributed by atoms with Gasteiger partial charge < -0.3 is 25.3 Å². The number of methoxy groups -OCH3 is 3. The van der Waals surface area contributed by atoms with E-state index < -0.39 is 19.0 Å². The minimum absolute atomic E-state index is 0.151. The Bertz CT molecular complexity index is 430. The molecule has 0 spiro atoms. The lowest BCUT2D eigenvalue weighted by molar-refractivity contribution is 0.141. The highest BCUT2D eigenvalue weighted by molar-refractivity contribution is 5.52. The van der Waals surface area contributed by atoms with Gasteiger partial charge in [0.1, 0.15) is 5.75 Å². The summed E-state index contributed by atoms with van der Waals surface area (Å²) in [6.07, 6.45) is -2.45. The Morgan fingerprint density at radius 3 is 2.05 bits per heavy atom. The Morgan fingerprint density at radius 1 is 1.05 bits per heavy atom. The third-order valence-electron chi connectivity index (χ3n) is 2.87. The van der Waals surface area contributed by atoms with Crippen LogP contribution in [0.25, 0.3) is 0 Å². The van der Waals surface area contributed by atoms with E-state index in [9.17, 15) is 8.78 Å². The second-order valence-corrected chi connectivity index (χ2v) is 4.04. The third kappa shape index (κ3) is 3.94. The molecule has 0 aliphatic heterocycles. The summed E-state index contributed by atoms with van der Waals surface area (Å²) in [4.78, 5) is 0. The number of benzene rings is 1. The molecule has 5 nitrogen and oxygen atoms in total. The quantitative estimate of drug-likeness (QED) is 0.761. The first kappa shape index (κ1) is 16.5. The SMILES string of the molecule is COc1cc(OC)c(C(CN)NCC(F)F)cc1OC. The van der Waals surface area contributed by atoms with Crippen LogP contribution in [0, 0.1) is 0 Å². The van der Waals surface area contributed by atoms with E-state index in [-0.39, 0.29) is 6.54 Å². The maximum absolute atomic E-state index is 12.3. The molecule has 1 aromatic rings. The fourth-order valence-corrected chi connectivity index (χ4v) is 1.88. The van der Waals surface area contributed by atoms with E-state index in [1.165, 1.54) is 21.3 Å². The van der Waals surface area contributed by atoms with Crippen molar-refractivity contribution in [1.29, 1.82) is 0 Å². The molecule has 1 atom stereocenters. The standard InChI is InChI=1S/C13H20F2N2O3/c1-18-10-5-12(20-3)11(19-2)4-8(10)9(6-16)17-7-13(14)15/h4-5,9,13,17H,6-7,16H2,1-3H3. The van der Waals surface area contributed by atoms with Crippen LogP contribution in [0.2, 0.25) is 0 Å². The summed E-state index contributed by atoms with van der Waals surface area (Å²) >= 11 is 0. The second-order valence-electron chi connectivity index (χ2n) is 4.04. The topological polar surface area (TPSA) is 65.7 Å². The van der Waals surface area contributed by atoms with E-state index in [4.69, 9.17) is 19.9 Å². The maximum atomic E-state index is 12.3. The zero-order valence-corrected chi connectivity index (χ0v) is 11.8. The van der Waals surface area contributed by atoms with Gasteiger partial charge in [-0.05, 0) is 6.07 Å². The molecule has 1 unspecified atom stereocenters. The number of nitrogens with one attached hydrogen (secondary N) is 1. The van der Waals surface area contributed by atoms with Crippen molar-refractivity contribution in [1.82, 2.24) is 5.32 Å². The molecular formula is C13H20F2N2O3. The summed E-state index contributed by atoms with van der Waals surface area (Å²) in [5.41, 5.74) is 6.29. The van der Waals surface area contributed by atoms with Crippen molar-refractivity contribution in [3.05, 3.63) is 17.7 Å². The molecule has 7 heteroatoms. The summed E-state index contributed by atoms with van der Waals surface area (Å²) in [7, 11) is 4.50. The molecule has 0 radical (unpaired) electrons. The molecule has 0 aliphatic carbocycles. The van der Waals surface area contributed by atoms with Crippen LogP contribution in [-0.4, -0.2) is 40.8 Å². The molecule has 20 heavy (non-hydrogen) atoms. The normalized spacial score (nSPS) is 12.3. The van der Waals surface area contributed by atoms with Gasteiger partial charge in [0.25, 0.3) is 6.43 Å². The molecule has 3 N–H and O–H groups in total. The van der Waals surface area contributed by atoms with E-state index >= 15 is 0 Å². The van der Waals surface area contributed by atoms with Crippen LogP contribution in [-0.2, 0) is 0 Å². The number of hydrogen-bond donors (Lipinski definition) is 2. The van der Waals surface area contributed by atoms with Crippen LogP contribution >= 0.6 is 0 Å². The minimum Gasteiger partial charge on any atom is -0.496 e. The predicted molar refractivity (Wildman–Crippen MR) is 71.9 cm³/mol.